The molecule has 1 amide bonds. The molecule has 0 aliphatic rings. The van der Waals surface area contributed by atoms with Crippen molar-refractivity contribution < 1.29 is 9.53 Å². The maximum Gasteiger partial charge on any atom is 0.239 e. The molecular weight excluding hydrogens is 220 g/mol. The predicted octanol–water partition coefficient (Wildman–Crippen LogP) is 0.298. The van der Waals surface area contributed by atoms with Crippen LogP contribution in [0.1, 0.15) is 0 Å². The number of pyridine rings is 1. The lowest BCUT2D eigenvalue weighted by Gasteiger charge is -2.08. The summed E-state index contributed by atoms with van der Waals surface area (Å²) >= 11 is 0. The van der Waals surface area contributed by atoms with Crippen LogP contribution >= 0.6 is 0 Å². The van der Waals surface area contributed by atoms with E-state index in [4.69, 9.17) is 4.74 Å². The van der Waals surface area contributed by atoms with E-state index in [0.29, 0.717) is 13.2 Å². The van der Waals surface area contributed by atoms with Crippen LogP contribution in [0.5, 0.6) is 0 Å². The Morgan fingerprint density at radius 1 is 1.53 bits per heavy atom. The predicted molar refractivity (Wildman–Crippen MR) is 67.2 cm³/mol. The monoisotopic (exact) mass is 238 g/mol. The third-order valence-electron chi connectivity index (χ3n) is 2.10. The van der Waals surface area contributed by atoms with E-state index >= 15 is 0 Å². The van der Waals surface area contributed by atoms with Crippen molar-refractivity contribution in [3.8, 4) is 0 Å². The molecule has 0 saturated heterocycles. The van der Waals surface area contributed by atoms with Crippen molar-refractivity contribution >= 4 is 17.4 Å². The lowest BCUT2D eigenvalue weighted by atomic mass is 10.3. The number of hydrogen-bond acceptors (Lipinski definition) is 5. The number of amides is 1. The number of aromatic nitrogens is 1. The highest BCUT2D eigenvalue weighted by Crippen LogP contribution is 2.10. The van der Waals surface area contributed by atoms with Crippen LogP contribution in [0.15, 0.2) is 18.3 Å². The summed E-state index contributed by atoms with van der Waals surface area (Å²) in [4.78, 5) is 15.5. The molecule has 0 spiro atoms. The van der Waals surface area contributed by atoms with Crippen molar-refractivity contribution in [3.05, 3.63) is 18.3 Å². The summed E-state index contributed by atoms with van der Waals surface area (Å²) in [6, 6.07) is 3.64. The average molecular weight is 238 g/mol. The molecule has 3 N–H and O–H groups in total. The summed E-state index contributed by atoms with van der Waals surface area (Å²) in [6.45, 7) is 1.27. The Morgan fingerprint density at radius 3 is 3.06 bits per heavy atom. The Hall–Kier alpha value is -1.82. The first-order chi connectivity index (χ1) is 8.26. The van der Waals surface area contributed by atoms with Crippen LogP contribution in [0.25, 0.3) is 0 Å². The second-order valence-electron chi connectivity index (χ2n) is 3.38. The number of anilines is 2. The lowest BCUT2D eigenvalue weighted by molar-refractivity contribution is -0.119. The number of nitrogens with zero attached hydrogens (tertiary/aromatic N) is 1. The summed E-state index contributed by atoms with van der Waals surface area (Å²) in [5.74, 6) is 0.694. The van der Waals surface area contributed by atoms with Gasteiger partial charge < -0.3 is 20.7 Å². The molecule has 94 valence electrons. The molecule has 0 radical (unpaired) electrons. The van der Waals surface area contributed by atoms with Gasteiger partial charge in [0.25, 0.3) is 0 Å². The Morgan fingerprint density at radius 2 is 2.35 bits per heavy atom. The van der Waals surface area contributed by atoms with Gasteiger partial charge >= 0.3 is 0 Å². The maximum atomic E-state index is 11.4. The maximum absolute atomic E-state index is 11.4. The SMILES string of the molecule is CNc1cc(NCC(=O)NCCOC)ccn1. The lowest BCUT2D eigenvalue weighted by Crippen LogP contribution is -2.32. The molecule has 6 heteroatoms. The van der Waals surface area contributed by atoms with Gasteiger partial charge in [0.05, 0.1) is 13.2 Å². The van der Waals surface area contributed by atoms with Crippen LogP contribution in [-0.2, 0) is 9.53 Å². The molecule has 0 fully saturated rings. The van der Waals surface area contributed by atoms with Gasteiger partial charge in [-0.3, -0.25) is 4.79 Å². The van der Waals surface area contributed by atoms with E-state index < -0.39 is 0 Å². The first kappa shape index (κ1) is 13.2. The Labute approximate surface area is 101 Å². The van der Waals surface area contributed by atoms with Crippen LogP contribution in [0.2, 0.25) is 0 Å². The summed E-state index contributed by atoms with van der Waals surface area (Å²) in [7, 11) is 3.39. The van der Waals surface area contributed by atoms with Crippen molar-refractivity contribution in [2.75, 3.05) is 44.5 Å². The first-order valence-corrected chi connectivity index (χ1v) is 5.39. The van der Waals surface area contributed by atoms with Crippen LogP contribution in [-0.4, -0.2) is 44.7 Å². The van der Waals surface area contributed by atoms with Crippen LogP contribution < -0.4 is 16.0 Å². The van der Waals surface area contributed by atoms with Crippen molar-refractivity contribution in [3.63, 3.8) is 0 Å². The van der Waals surface area contributed by atoms with Gasteiger partial charge in [0.1, 0.15) is 5.82 Å². The van der Waals surface area contributed by atoms with E-state index in [9.17, 15) is 4.79 Å². The van der Waals surface area contributed by atoms with Crippen molar-refractivity contribution in [1.82, 2.24) is 10.3 Å². The van der Waals surface area contributed by atoms with E-state index in [2.05, 4.69) is 20.9 Å². The third kappa shape index (κ3) is 5.17. The molecule has 1 heterocycles. The van der Waals surface area contributed by atoms with Gasteiger partial charge in [0, 0.05) is 38.7 Å². The van der Waals surface area contributed by atoms with Crippen LogP contribution in [0.4, 0.5) is 11.5 Å². The molecule has 1 aromatic heterocycles. The Kier molecular flexibility index (Phi) is 5.81. The van der Waals surface area contributed by atoms with Gasteiger partial charge in [-0.2, -0.15) is 0 Å². The molecule has 1 rings (SSSR count). The fourth-order valence-electron chi connectivity index (χ4n) is 1.21. The topological polar surface area (TPSA) is 75.3 Å². The van der Waals surface area contributed by atoms with Gasteiger partial charge in [0.15, 0.2) is 0 Å². The van der Waals surface area contributed by atoms with Gasteiger partial charge in [-0.25, -0.2) is 4.98 Å². The van der Waals surface area contributed by atoms with Crippen molar-refractivity contribution in [1.29, 1.82) is 0 Å². The molecule has 0 aliphatic heterocycles. The molecule has 0 atom stereocenters. The Balaban J connectivity index is 2.31. The number of hydrogen-bond donors (Lipinski definition) is 3. The third-order valence-corrected chi connectivity index (χ3v) is 2.10. The van der Waals surface area contributed by atoms with Crippen LogP contribution in [0, 0.1) is 0 Å². The van der Waals surface area contributed by atoms with Crippen molar-refractivity contribution in [2.24, 2.45) is 0 Å². The quantitative estimate of drug-likeness (QED) is 0.596. The molecule has 1 aromatic rings. The number of ether oxygens (including phenoxy) is 1. The van der Waals surface area contributed by atoms with E-state index in [1.165, 1.54) is 0 Å². The largest absolute Gasteiger partial charge is 0.383 e. The molecule has 0 bridgehead atoms. The summed E-state index contributed by atoms with van der Waals surface area (Å²) in [5, 5.41) is 8.67. The summed E-state index contributed by atoms with van der Waals surface area (Å²) < 4.78 is 4.83. The van der Waals surface area contributed by atoms with Crippen molar-refractivity contribution in [2.45, 2.75) is 0 Å². The average Bonchev–Trinajstić information content (AvgIpc) is 2.37. The van der Waals surface area contributed by atoms with E-state index in [1.807, 2.05) is 12.1 Å². The normalized spacial score (nSPS) is 9.76. The van der Waals surface area contributed by atoms with Gasteiger partial charge in [-0.1, -0.05) is 0 Å². The number of nitrogens with one attached hydrogen (secondary N) is 3. The number of methoxy groups -OCH3 is 1. The fraction of sp³-hybridized carbons (Fsp3) is 0.455. The fourth-order valence-corrected chi connectivity index (χ4v) is 1.21. The van der Waals surface area contributed by atoms with Gasteiger partial charge in [-0.05, 0) is 6.07 Å². The molecular formula is C11H18N4O2. The van der Waals surface area contributed by atoms with E-state index in [0.717, 1.165) is 11.5 Å². The zero-order chi connectivity index (χ0) is 12.5. The first-order valence-electron chi connectivity index (χ1n) is 5.39. The smallest absolute Gasteiger partial charge is 0.239 e. The molecule has 6 nitrogen and oxygen atoms in total. The number of carbonyl (C=O) groups excluding carboxylic acids is 1. The second kappa shape index (κ2) is 7.45. The van der Waals surface area contributed by atoms with Crippen LogP contribution in [0.3, 0.4) is 0 Å². The molecule has 17 heavy (non-hydrogen) atoms. The number of carbonyl (C=O) groups is 1. The summed E-state index contributed by atoms with van der Waals surface area (Å²) in [5.41, 5.74) is 0.853. The molecule has 0 unspecified atom stereocenters. The van der Waals surface area contributed by atoms with Gasteiger partial charge in [-0.15, -0.1) is 0 Å². The molecule has 0 aromatic carbocycles. The summed E-state index contributed by atoms with van der Waals surface area (Å²) in [6.07, 6.45) is 1.68. The number of rotatable bonds is 7. The highest BCUT2D eigenvalue weighted by molar-refractivity contribution is 5.80. The van der Waals surface area contributed by atoms with E-state index in [1.54, 1.807) is 20.4 Å². The minimum Gasteiger partial charge on any atom is -0.383 e. The minimum atomic E-state index is -0.0649. The molecule has 0 saturated carbocycles. The zero-order valence-corrected chi connectivity index (χ0v) is 10.1. The van der Waals surface area contributed by atoms with E-state index in [-0.39, 0.29) is 12.5 Å². The zero-order valence-electron chi connectivity index (χ0n) is 10.1. The second-order valence-corrected chi connectivity index (χ2v) is 3.38. The standard InChI is InChI=1S/C11H18N4O2/c1-12-10-7-9(3-4-13-10)15-8-11(16)14-5-6-17-2/h3-4,7H,5-6,8H2,1-2H3,(H,14,16)(H2,12,13,15). The minimum absolute atomic E-state index is 0.0649. The molecule has 0 aliphatic carbocycles. The Bertz CT molecular complexity index is 357. The highest BCUT2D eigenvalue weighted by Gasteiger charge is 2.00. The van der Waals surface area contributed by atoms with Gasteiger partial charge in [0.2, 0.25) is 5.91 Å². The highest BCUT2D eigenvalue weighted by atomic mass is 16.5.